The first-order valence-electron chi connectivity index (χ1n) is 12.4. The van der Waals surface area contributed by atoms with Crippen LogP contribution in [0.1, 0.15) is 50.4 Å². The highest BCUT2D eigenvalue weighted by Crippen LogP contribution is 2.50. The summed E-state index contributed by atoms with van der Waals surface area (Å²) in [6, 6.07) is 9.23. The van der Waals surface area contributed by atoms with E-state index in [1.165, 1.54) is 18.2 Å². The molecule has 1 fully saturated rings. The Morgan fingerprint density at radius 1 is 1.16 bits per heavy atom. The molecule has 0 spiro atoms. The van der Waals surface area contributed by atoms with Crippen LogP contribution in [0.5, 0.6) is 5.75 Å². The zero-order valence-corrected chi connectivity index (χ0v) is 21.8. The molecule has 2 aromatic carbocycles. The van der Waals surface area contributed by atoms with E-state index in [-0.39, 0.29) is 24.6 Å². The number of benzene rings is 2. The van der Waals surface area contributed by atoms with Crippen LogP contribution in [0.2, 0.25) is 0 Å². The van der Waals surface area contributed by atoms with Crippen LogP contribution in [-0.4, -0.2) is 51.2 Å². The number of aromatic nitrogens is 1. The number of hydrogen-bond donors (Lipinski definition) is 4. The van der Waals surface area contributed by atoms with Crippen molar-refractivity contribution in [3.63, 3.8) is 0 Å². The molecule has 0 aliphatic heterocycles. The van der Waals surface area contributed by atoms with Crippen molar-refractivity contribution in [2.75, 3.05) is 18.5 Å². The number of rotatable bonds is 10. The van der Waals surface area contributed by atoms with Crippen molar-refractivity contribution in [1.29, 1.82) is 0 Å². The van der Waals surface area contributed by atoms with E-state index in [2.05, 4.69) is 5.32 Å². The summed E-state index contributed by atoms with van der Waals surface area (Å²) in [4.78, 5) is 13.4. The van der Waals surface area contributed by atoms with Crippen molar-refractivity contribution in [1.82, 2.24) is 4.57 Å². The molecule has 1 heterocycles. The number of nitrogens with one attached hydrogen (secondary N) is 1. The molecule has 1 amide bonds. The van der Waals surface area contributed by atoms with Crippen LogP contribution in [-0.2, 0) is 22.2 Å². The summed E-state index contributed by atoms with van der Waals surface area (Å²) in [5.74, 6) is -1.18. The third kappa shape index (κ3) is 5.39. The number of carbonyl (C=O) groups is 1. The number of aliphatic hydroxyl groups is 3. The summed E-state index contributed by atoms with van der Waals surface area (Å²) >= 11 is 0. The Hall–Kier alpha value is -3.08. The number of alkyl halides is 2. The fourth-order valence-electron chi connectivity index (χ4n) is 4.70. The fourth-order valence-corrected chi connectivity index (χ4v) is 4.70. The molecule has 38 heavy (non-hydrogen) atoms. The molecule has 0 radical (unpaired) electrons. The summed E-state index contributed by atoms with van der Waals surface area (Å²) in [5.41, 5.74) is 0.309. The Kier molecular flexibility index (Phi) is 7.28. The molecule has 4 N–H and O–H groups in total. The normalized spacial score (nSPS) is 15.9. The third-order valence-electron chi connectivity index (χ3n) is 7.15. The maximum Gasteiger partial charge on any atom is 0.394 e. The van der Waals surface area contributed by atoms with E-state index >= 15 is 4.39 Å². The molecule has 0 bridgehead atoms. The molecular weight excluding hydrogens is 501 g/mol. The van der Waals surface area contributed by atoms with E-state index in [0.717, 1.165) is 0 Å². The van der Waals surface area contributed by atoms with Crippen LogP contribution in [0.3, 0.4) is 0 Å². The number of anilines is 1. The van der Waals surface area contributed by atoms with Gasteiger partial charge in [-0.15, -0.1) is 0 Å². The van der Waals surface area contributed by atoms with Gasteiger partial charge in [-0.25, -0.2) is 4.39 Å². The smallest absolute Gasteiger partial charge is 0.394 e. The van der Waals surface area contributed by atoms with Crippen molar-refractivity contribution in [2.45, 2.75) is 70.1 Å². The maximum absolute atomic E-state index is 15.3. The number of amides is 1. The minimum atomic E-state index is -3.38. The topological polar surface area (TPSA) is 104 Å². The Bertz CT molecular complexity index is 1360. The minimum Gasteiger partial charge on any atom is -0.432 e. The zero-order valence-electron chi connectivity index (χ0n) is 21.8. The van der Waals surface area contributed by atoms with Crippen molar-refractivity contribution in [3.8, 4) is 5.75 Å². The Morgan fingerprint density at radius 3 is 2.42 bits per heavy atom. The first kappa shape index (κ1) is 27.9. The summed E-state index contributed by atoms with van der Waals surface area (Å²) in [6.45, 7) is 5.16. The maximum atomic E-state index is 15.3. The Labute approximate surface area is 218 Å². The molecule has 0 unspecified atom stereocenters. The van der Waals surface area contributed by atoms with Gasteiger partial charge in [-0.05, 0) is 49.1 Å². The molecule has 10 heteroatoms. The van der Waals surface area contributed by atoms with Gasteiger partial charge in [0.1, 0.15) is 11.6 Å². The predicted molar refractivity (Wildman–Crippen MR) is 137 cm³/mol. The van der Waals surface area contributed by atoms with Crippen molar-refractivity contribution >= 4 is 22.5 Å². The van der Waals surface area contributed by atoms with Gasteiger partial charge < -0.3 is 29.9 Å². The van der Waals surface area contributed by atoms with Gasteiger partial charge in [0.15, 0.2) is 0 Å². The molecule has 7 nitrogen and oxygen atoms in total. The predicted octanol–water partition coefficient (Wildman–Crippen LogP) is 4.37. The highest BCUT2D eigenvalue weighted by Gasteiger charge is 2.51. The molecule has 3 aromatic rings. The average molecular weight is 535 g/mol. The van der Waals surface area contributed by atoms with E-state index in [1.807, 2.05) is 0 Å². The highest BCUT2D eigenvalue weighted by molar-refractivity contribution is 6.02. The third-order valence-corrected chi connectivity index (χ3v) is 7.15. The van der Waals surface area contributed by atoms with Crippen molar-refractivity contribution in [3.05, 3.63) is 59.0 Å². The highest BCUT2D eigenvalue weighted by atomic mass is 19.3. The number of fused-ring (bicyclic) bond motifs is 1. The lowest BCUT2D eigenvalue weighted by atomic mass is 9.90. The van der Waals surface area contributed by atoms with Crippen LogP contribution in [0.4, 0.5) is 18.9 Å². The van der Waals surface area contributed by atoms with Crippen molar-refractivity contribution in [2.24, 2.45) is 0 Å². The Balaban J connectivity index is 1.68. The SMILES string of the molecule is Cc1ccc(C2(C(=O)Nc3cc4cc(C(C)(C)CO)n(C[C@@H](O)CO)c4cc3F)CC2)cc1OC(C)(F)F. The van der Waals surface area contributed by atoms with E-state index in [0.29, 0.717) is 47.5 Å². The number of hydrogen-bond acceptors (Lipinski definition) is 5. The zero-order chi connectivity index (χ0) is 28.0. The lowest BCUT2D eigenvalue weighted by molar-refractivity contribution is -0.159. The molecule has 206 valence electrons. The number of carbonyl (C=O) groups excluding carboxylic acids is 1. The largest absolute Gasteiger partial charge is 0.432 e. The van der Waals surface area contributed by atoms with Crippen LogP contribution in [0.15, 0.2) is 36.4 Å². The molecule has 1 atom stereocenters. The van der Waals surface area contributed by atoms with Gasteiger partial charge in [0.05, 0.1) is 42.5 Å². The summed E-state index contributed by atoms with van der Waals surface area (Å²) in [5, 5.41) is 32.6. The standard InChI is InChI=1S/C28H33F3N2O5/c1-16-5-6-18(11-23(16)38-27(4,30)31)28(7-8-28)25(37)32-21-9-17-10-24(26(2,3)15-35)33(13-19(36)14-34)22(17)12-20(21)29/h5-6,9-12,19,34-36H,7-8,13-15H2,1-4H3,(H,32,37)/t19-/m1/s1. The lowest BCUT2D eigenvalue weighted by Gasteiger charge is -2.25. The number of nitrogens with zero attached hydrogens (tertiary/aromatic N) is 1. The van der Waals surface area contributed by atoms with Gasteiger partial charge in [-0.3, -0.25) is 4.79 Å². The quantitative estimate of drug-likeness (QED) is 0.309. The fraction of sp³-hybridized carbons (Fsp3) is 0.464. The summed E-state index contributed by atoms with van der Waals surface area (Å²) in [7, 11) is 0. The van der Waals surface area contributed by atoms with Gasteiger partial charge in [-0.2, -0.15) is 8.78 Å². The van der Waals surface area contributed by atoms with Crippen molar-refractivity contribution < 1.29 is 38.0 Å². The second-order valence-electron chi connectivity index (χ2n) is 10.8. The first-order valence-corrected chi connectivity index (χ1v) is 12.4. The van der Waals surface area contributed by atoms with Crippen LogP contribution < -0.4 is 10.1 Å². The molecule has 1 aliphatic carbocycles. The molecule has 4 rings (SSSR count). The van der Waals surface area contributed by atoms with Gasteiger partial charge in [0.2, 0.25) is 5.91 Å². The number of aliphatic hydroxyl groups excluding tert-OH is 3. The second-order valence-corrected chi connectivity index (χ2v) is 10.8. The first-order chi connectivity index (χ1) is 17.7. The van der Waals surface area contributed by atoms with Crippen LogP contribution in [0, 0.1) is 12.7 Å². The van der Waals surface area contributed by atoms with Gasteiger partial charge in [-0.1, -0.05) is 26.0 Å². The number of halogens is 3. The minimum absolute atomic E-state index is 0.0122. The molecule has 1 aliphatic rings. The van der Waals surface area contributed by atoms with E-state index in [9.17, 15) is 28.9 Å². The van der Waals surface area contributed by atoms with Crippen LogP contribution >= 0.6 is 0 Å². The second kappa shape index (κ2) is 9.91. The van der Waals surface area contributed by atoms with E-state index < -0.39 is 41.4 Å². The monoisotopic (exact) mass is 534 g/mol. The van der Waals surface area contributed by atoms with E-state index in [1.54, 1.807) is 43.5 Å². The summed E-state index contributed by atoms with van der Waals surface area (Å²) in [6.07, 6.45) is -3.53. The average Bonchev–Trinajstić information content (AvgIpc) is 3.58. The van der Waals surface area contributed by atoms with Gasteiger partial charge in [0.25, 0.3) is 0 Å². The Morgan fingerprint density at radius 2 is 1.84 bits per heavy atom. The molecule has 1 saturated carbocycles. The van der Waals surface area contributed by atoms with Gasteiger partial charge >= 0.3 is 6.11 Å². The molecule has 1 aromatic heterocycles. The lowest BCUT2D eigenvalue weighted by Crippen LogP contribution is -2.29. The van der Waals surface area contributed by atoms with Crippen LogP contribution in [0.25, 0.3) is 10.9 Å². The van der Waals surface area contributed by atoms with Gasteiger partial charge in [0, 0.05) is 29.5 Å². The number of ether oxygens (including phenoxy) is 1. The number of aryl methyl sites for hydroxylation is 1. The molecular formula is C28H33F3N2O5. The molecule has 0 saturated heterocycles. The van der Waals surface area contributed by atoms with E-state index in [4.69, 9.17) is 4.74 Å². The summed E-state index contributed by atoms with van der Waals surface area (Å²) < 4.78 is 48.7.